The highest BCUT2D eigenvalue weighted by Crippen LogP contribution is 2.19. The van der Waals surface area contributed by atoms with E-state index in [1.165, 1.54) is 0 Å². The average Bonchev–Trinajstić information content (AvgIpc) is 2.01. The van der Waals surface area contributed by atoms with Gasteiger partial charge in [0.15, 0.2) is 0 Å². The molecule has 14 heavy (non-hydrogen) atoms. The lowest BCUT2D eigenvalue weighted by atomic mass is 10.0. The van der Waals surface area contributed by atoms with Gasteiger partial charge < -0.3 is 5.32 Å². The van der Waals surface area contributed by atoms with Gasteiger partial charge in [0, 0.05) is 31.2 Å². The number of nitrogens with zero attached hydrogens (tertiary/aromatic N) is 1. The Kier molecular flexibility index (Phi) is 4.62. The van der Waals surface area contributed by atoms with Gasteiger partial charge in [-0.25, -0.2) is 0 Å². The Balaban J connectivity index is 2.57. The van der Waals surface area contributed by atoms with Crippen molar-refractivity contribution >= 4 is 31.9 Å². The van der Waals surface area contributed by atoms with Crippen molar-refractivity contribution in [3.8, 4) is 0 Å². The summed E-state index contributed by atoms with van der Waals surface area (Å²) in [6.07, 6.45) is 2.16. The molecule has 1 heterocycles. The van der Waals surface area contributed by atoms with Crippen LogP contribution in [0, 0.1) is 0 Å². The van der Waals surface area contributed by atoms with Gasteiger partial charge in [-0.3, -0.25) is 4.90 Å². The Labute approximate surface area is 103 Å². The second-order valence-corrected chi connectivity index (χ2v) is 7.41. The maximum atomic E-state index is 3.47. The smallest absolute Gasteiger partial charge is 0.0580 e. The molecule has 0 amide bonds. The Morgan fingerprint density at radius 3 is 2.57 bits per heavy atom. The molecule has 0 aromatic rings. The van der Waals surface area contributed by atoms with Crippen LogP contribution in [0.3, 0.4) is 0 Å². The number of rotatable bonds is 1. The third kappa shape index (κ3) is 4.01. The lowest BCUT2D eigenvalue weighted by Crippen LogP contribution is -2.56. The van der Waals surface area contributed by atoms with Crippen LogP contribution in [-0.2, 0) is 0 Å². The molecule has 0 radical (unpaired) electrons. The summed E-state index contributed by atoms with van der Waals surface area (Å²) in [5.74, 6) is 0. The quantitative estimate of drug-likeness (QED) is 0.797. The topological polar surface area (TPSA) is 15.3 Å². The van der Waals surface area contributed by atoms with Crippen molar-refractivity contribution in [3.63, 3.8) is 0 Å². The first kappa shape index (κ1) is 12.7. The Morgan fingerprint density at radius 1 is 1.43 bits per heavy atom. The van der Waals surface area contributed by atoms with E-state index in [2.05, 4.69) is 68.9 Å². The van der Waals surface area contributed by atoms with Crippen LogP contribution in [0.2, 0.25) is 0 Å². The predicted octanol–water partition coefficient (Wildman–Crippen LogP) is 2.69. The van der Waals surface area contributed by atoms with Crippen molar-refractivity contribution in [2.45, 2.75) is 32.4 Å². The Bertz CT molecular complexity index is 217. The first-order chi connectivity index (χ1) is 6.39. The molecule has 0 spiro atoms. The molecule has 1 aliphatic rings. The molecule has 4 heteroatoms. The van der Waals surface area contributed by atoms with E-state index >= 15 is 0 Å². The summed E-state index contributed by atoms with van der Waals surface area (Å²) < 4.78 is 1.03. The van der Waals surface area contributed by atoms with Crippen LogP contribution < -0.4 is 5.32 Å². The van der Waals surface area contributed by atoms with E-state index in [1.807, 2.05) is 0 Å². The van der Waals surface area contributed by atoms with E-state index in [4.69, 9.17) is 0 Å². The molecule has 0 saturated carbocycles. The van der Waals surface area contributed by atoms with E-state index in [0.29, 0.717) is 6.04 Å². The first-order valence-electron chi connectivity index (χ1n) is 4.91. The maximum Gasteiger partial charge on any atom is 0.0580 e. The molecule has 1 rings (SSSR count). The third-order valence-corrected chi connectivity index (χ3v) is 3.01. The van der Waals surface area contributed by atoms with Crippen LogP contribution in [0.15, 0.2) is 9.47 Å². The minimum atomic E-state index is 0.271. The predicted molar refractivity (Wildman–Crippen MR) is 69.1 cm³/mol. The Morgan fingerprint density at radius 2 is 2.07 bits per heavy atom. The molecule has 0 bridgehead atoms. The Hall–Kier alpha value is 0.620. The molecule has 1 unspecified atom stereocenters. The SMILES string of the molecule is CC(C)(C)N1CCNC(C=C(Br)Br)C1. The van der Waals surface area contributed by atoms with Crippen molar-refractivity contribution in [1.82, 2.24) is 10.2 Å². The van der Waals surface area contributed by atoms with Crippen LogP contribution in [0.25, 0.3) is 0 Å². The molecule has 1 saturated heterocycles. The normalized spacial score (nSPS) is 24.8. The highest BCUT2D eigenvalue weighted by Gasteiger charge is 2.26. The van der Waals surface area contributed by atoms with Crippen LogP contribution in [-0.4, -0.2) is 36.1 Å². The van der Waals surface area contributed by atoms with Crippen molar-refractivity contribution < 1.29 is 0 Å². The fraction of sp³-hybridized carbons (Fsp3) is 0.800. The minimum absolute atomic E-state index is 0.271. The second-order valence-electron chi connectivity index (χ2n) is 4.63. The fourth-order valence-corrected chi connectivity index (χ4v) is 2.29. The molecular weight excluding hydrogens is 308 g/mol. The third-order valence-electron chi connectivity index (χ3n) is 2.48. The lowest BCUT2D eigenvalue weighted by Gasteiger charge is -2.41. The molecule has 82 valence electrons. The summed E-state index contributed by atoms with van der Waals surface area (Å²) in [6.45, 7) is 10.1. The zero-order valence-electron chi connectivity index (χ0n) is 8.98. The van der Waals surface area contributed by atoms with Gasteiger partial charge in [0.25, 0.3) is 0 Å². The average molecular weight is 326 g/mol. The highest BCUT2D eigenvalue weighted by atomic mass is 79.9. The summed E-state index contributed by atoms with van der Waals surface area (Å²) in [7, 11) is 0. The summed E-state index contributed by atoms with van der Waals surface area (Å²) in [5.41, 5.74) is 0.271. The highest BCUT2D eigenvalue weighted by molar-refractivity contribution is 9.28. The summed E-state index contributed by atoms with van der Waals surface area (Å²) in [4.78, 5) is 2.51. The van der Waals surface area contributed by atoms with Gasteiger partial charge in [-0.1, -0.05) is 0 Å². The molecule has 1 atom stereocenters. The van der Waals surface area contributed by atoms with Gasteiger partial charge in [0.05, 0.1) is 3.39 Å². The van der Waals surface area contributed by atoms with Gasteiger partial charge in [-0.05, 0) is 58.7 Å². The standard InChI is InChI=1S/C10H18Br2N2/c1-10(2,3)14-5-4-13-8(7-14)6-9(11)12/h6,8,13H,4-5,7H2,1-3H3. The van der Waals surface area contributed by atoms with Crippen molar-refractivity contribution in [3.05, 3.63) is 9.47 Å². The monoisotopic (exact) mass is 324 g/mol. The lowest BCUT2D eigenvalue weighted by molar-refractivity contribution is 0.106. The van der Waals surface area contributed by atoms with Gasteiger partial charge in [-0.15, -0.1) is 0 Å². The molecule has 1 aliphatic heterocycles. The number of piperazine rings is 1. The van der Waals surface area contributed by atoms with Crippen molar-refractivity contribution in [1.29, 1.82) is 0 Å². The summed E-state index contributed by atoms with van der Waals surface area (Å²) in [5, 5.41) is 3.47. The molecule has 2 nitrogen and oxygen atoms in total. The van der Waals surface area contributed by atoms with E-state index in [0.717, 1.165) is 23.0 Å². The summed E-state index contributed by atoms with van der Waals surface area (Å²) in [6, 6.07) is 0.441. The second kappa shape index (κ2) is 5.10. The molecule has 0 aliphatic carbocycles. The maximum absolute atomic E-state index is 3.47. The van der Waals surface area contributed by atoms with Crippen molar-refractivity contribution in [2.75, 3.05) is 19.6 Å². The number of hydrogen-bond acceptors (Lipinski definition) is 2. The fourth-order valence-electron chi connectivity index (χ4n) is 1.65. The molecular formula is C10H18Br2N2. The molecule has 0 aromatic carbocycles. The first-order valence-corrected chi connectivity index (χ1v) is 6.49. The van der Waals surface area contributed by atoms with Crippen LogP contribution in [0.5, 0.6) is 0 Å². The molecule has 0 aromatic heterocycles. The van der Waals surface area contributed by atoms with Crippen LogP contribution >= 0.6 is 31.9 Å². The van der Waals surface area contributed by atoms with E-state index in [9.17, 15) is 0 Å². The minimum Gasteiger partial charge on any atom is -0.308 e. The van der Waals surface area contributed by atoms with Crippen LogP contribution in [0.1, 0.15) is 20.8 Å². The van der Waals surface area contributed by atoms with Crippen LogP contribution in [0.4, 0.5) is 0 Å². The van der Waals surface area contributed by atoms with Gasteiger partial charge in [-0.2, -0.15) is 0 Å². The largest absolute Gasteiger partial charge is 0.308 e. The summed E-state index contributed by atoms with van der Waals surface area (Å²) >= 11 is 6.80. The van der Waals surface area contributed by atoms with E-state index in [-0.39, 0.29) is 5.54 Å². The number of nitrogens with one attached hydrogen (secondary N) is 1. The molecule has 1 N–H and O–H groups in total. The zero-order valence-corrected chi connectivity index (χ0v) is 12.2. The zero-order chi connectivity index (χ0) is 10.8. The van der Waals surface area contributed by atoms with Crippen molar-refractivity contribution in [2.24, 2.45) is 0 Å². The van der Waals surface area contributed by atoms with Gasteiger partial charge in [0.1, 0.15) is 0 Å². The number of halogens is 2. The number of hydrogen-bond donors (Lipinski definition) is 1. The van der Waals surface area contributed by atoms with Gasteiger partial charge in [0.2, 0.25) is 0 Å². The van der Waals surface area contributed by atoms with E-state index < -0.39 is 0 Å². The molecule has 1 fully saturated rings. The van der Waals surface area contributed by atoms with E-state index in [1.54, 1.807) is 0 Å². The van der Waals surface area contributed by atoms with Gasteiger partial charge >= 0.3 is 0 Å².